The molecule has 2 aromatic rings. The standard InChI is InChI=1S/C24H28BrClN4O3/c1-16-12-19(26)14-20(13-16)30-21(31)24(2,15-17-6-8-18(25)9-7-17)29(23(30)33)11-5-4-10-28-22(32)27-3/h6-9,12-14H,4-5,10-11,15H2,1-3H3,(H2,27,28,32)/t24-/m1/s1. The van der Waals surface area contributed by atoms with Crippen LogP contribution in [-0.4, -0.2) is 48.5 Å². The second-order valence-corrected chi connectivity index (χ2v) is 9.70. The van der Waals surface area contributed by atoms with E-state index in [2.05, 4.69) is 26.6 Å². The molecule has 0 radical (unpaired) electrons. The molecule has 0 aliphatic carbocycles. The van der Waals surface area contributed by atoms with E-state index in [9.17, 15) is 14.4 Å². The van der Waals surface area contributed by atoms with E-state index in [0.717, 1.165) is 15.6 Å². The highest BCUT2D eigenvalue weighted by atomic mass is 79.9. The van der Waals surface area contributed by atoms with E-state index in [1.807, 2.05) is 38.1 Å². The lowest BCUT2D eigenvalue weighted by Gasteiger charge is -2.32. The van der Waals surface area contributed by atoms with Crippen molar-refractivity contribution in [3.05, 3.63) is 63.1 Å². The monoisotopic (exact) mass is 534 g/mol. The Labute approximate surface area is 207 Å². The van der Waals surface area contributed by atoms with Gasteiger partial charge in [0, 0.05) is 36.1 Å². The molecule has 5 amide bonds. The van der Waals surface area contributed by atoms with E-state index < -0.39 is 5.54 Å². The molecule has 0 saturated carbocycles. The first kappa shape index (κ1) is 25.1. The molecule has 33 heavy (non-hydrogen) atoms. The summed E-state index contributed by atoms with van der Waals surface area (Å²) in [5.74, 6) is -0.277. The number of rotatable bonds is 8. The minimum atomic E-state index is -1.05. The molecule has 7 nitrogen and oxygen atoms in total. The summed E-state index contributed by atoms with van der Waals surface area (Å²) in [7, 11) is 1.56. The number of carbonyl (C=O) groups excluding carboxylic acids is 3. The summed E-state index contributed by atoms with van der Waals surface area (Å²) in [5, 5.41) is 5.72. The number of amides is 5. The number of anilines is 1. The van der Waals surface area contributed by atoms with Gasteiger partial charge in [0.1, 0.15) is 5.54 Å². The third-order valence-corrected chi connectivity index (χ3v) is 6.50. The molecular formula is C24H28BrClN4O3. The molecule has 1 aliphatic heterocycles. The van der Waals surface area contributed by atoms with Crippen molar-refractivity contribution < 1.29 is 14.4 Å². The summed E-state index contributed by atoms with van der Waals surface area (Å²) >= 11 is 9.66. The molecule has 2 aromatic carbocycles. The maximum atomic E-state index is 13.7. The van der Waals surface area contributed by atoms with Gasteiger partial charge < -0.3 is 15.5 Å². The van der Waals surface area contributed by atoms with E-state index >= 15 is 0 Å². The van der Waals surface area contributed by atoms with Gasteiger partial charge in [-0.3, -0.25) is 4.79 Å². The Morgan fingerprint density at radius 2 is 1.82 bits per heavy atom. The highest BCUT2D eigenvalue weighted by Gasteiger charge is 2.54. The van der Waals surface area contributed by atoms with Crippen LogP contribution in [0, 0.1) is 6.92 Å². The Morgan fingerprint density at radius 1 is 1.12 bits per heavy atom. The lowest BCUT2D eigenvalue weighted by atomic mass is 9.91. The number of nitrogens with zero attached hydrogens (tertiary/aromatic N) is 2. The quantitative estimate of drug-likeness (QED) is 0.373. The van der Waals surface area contributed by atoms with Crippen LogP contribution in [0.5, 0.6) is 0 Å². The van der Waals surface area contributed by atoms with E-state index in [1.165, 1.54) is 4.90 Å². The second-order valence-electron chi connectivity index (χ2n) is 8.35. The number of benzene rings is 2. The molecule has 1 atom stereocenters. The van der Waals surface area contributed by atoms with Gasteiger partial charge in [0.15, 0.2) is 0 Å². The zero-order valence-electron chi connectivity index (χ0n) is 19.0. The van der Waals surface area contributed by atoms with Crippen LogP contribution in [0.1, 0.15) is 30.9 Å². The molecule has 0 spiro atoms. The number of imide groups is 1. The van der Waals surface area contributed by atoms with E-state index in [4.69, 9.17) is 11.6 Å². The SMILES string of the molecule is CNC(=O)NCCCCN1C(=O)N(c2cc(C)cc(Cl)c2)C(=O)[C@@]1(C)Cc1ccc(Br)cc1. The van der Waals surface area contributed by atoms with E-state index in [-0.39, 0.29) is 18.0 Å². The molecule has 0 unspecified atom stereocenters. The van der Waals surface area contributed by atoms with Crippen molar-refractivity contribution in [2.75, 3.05) is 25.0 Å². The highest BCUT2D eigenvalue weighted by molar-refractivity contribution is 9.10. The van der Waals surface area contributed by atoms with Gasteiger partial charge in [-0.05, 0) is 68.1 Å². The highest BCUT2D eigenvalue weighted by Crippen LogP contribution is 2.36. The molecule has 9 heteroatoms. The third kappa shape index (κ3) is 5.68. The van der Waals surface area contributed by atoms with Gasteiger partial charge in [0.25, 0.3) is 5.91 Å². The fourth-order valence-electron chi connectivity index (χ4n) is 4.05. The van der Waals surface area contributed by atoms with Crippen LogP contribution >= 0.6 is 27.5 Å². The molecule has 0 bridgehead atoms. The van der Waals surface area contributed by atoms with Gasteiger partial charge >= 0.3 is 12.1 Å². The number of aryl methyl sites for hydroxylation is 1. The minimum Gasteiger partial charge on any atom is -0.341 e. The van der Waals surface area contributed by atoms with Gasteiger partial charge in [-0.15, -0.1) is 0 Å². The third-order valence-electron chi connectivity index (χ3n) is 5.75. The van der Waals surface area contributed by atoms with Crippen LogP contribution in [0.3, 0.4) is 0 Å². The van der Waals surface area contributed by atoms with Crippen molar-refractivity contribution in [3.8, 4) is 0 Å². The fraction of sp³-hybridized carbons (Fsp3) is 0.375. The average molecular weight is 536 g/mol. The van der Waals surface area contributed by atoms with E-state index in [0.29, 0.717) is 43.1 Å². The number of unbranched alkanes of at least 4 members (excludes halogenated alkanes) is 1. The number of carbonyl (C=O) groups is 3. The van der Waals surface area contributed by atoms with Crippen molar-refractivity contribution in [1.29, 1.82) is 0 Å². The predicted octanol–water partition coefficient (Wildman–Crippen LogP) is 4.89. The minimum absolute atomic E-state index is 0.245. The topological polar surface area (TPSA) is 81.8 Å². The second kappa shape index (κ2) is 10.6. The van der Waals surface area contributed by atoms with Crippen LogP contribution in [0.4, 0.5) is 15.3 Å². The fourth-order valence-corrected chi connectivity index (χ4v) is 4.60. The number of nitrogens with one attached hydrogen (secondary N) is 2. The lowest BCUT2D eigenvalue weighted by Crippen LogP contribution is -2.49. The molecule has 1 saturated heterocycles. The summed E-state index contributed by atoms with van der Waals surface area (Å²) in [6.45, 7) is 4.56. The maximum Gasteiger partial charge on any atom is 0.332 e. The predicted molar refractivity (Wildman–Crippen MR) is 134 cm³/mol. The first-order chi connectivity index (χ1) is 15.7. The number of hydrogen-bond acceptors (Lipinski definition) is 3. The molecule has 3 rings (SSSR count). The van der Waals surface area contributed by atoms with Gasteiger partial charge in [0.05, 0.1) is 5.69 Å². The van der Waals surface area contributed by atoms with Gasteiger partial charge in [-0.2, -0.15) is 0 Å². The van der Waals surface area contributed by atoms with Crippen molar-refractivity contribution >= 4 is 51.2 Å². The molecule has 1 aliphatic rings. The largest absolute Gasteiger partial charge is 0.341 e. The molecule has 2 N–H and O–H groups in total. The summed E-state index contributed by atoms with van der Waals surface area (Å²) in [6, 6.07) is 12.4. The van der Waals surface area contributed by atoms with Crippen LogP contribution in [-0.2, 0) is 11.2 Å². The van der Waals surface area contributed by atoms with Crippen molar-refractivity contribution in [1.82, 2.24) is 15.5 Å². The van der Waals surface area contributed by atoms with E-state index in [1.54, 1.807) is 30.1 Å². The molecular weight excluding hydrogens is 508 g/mol. The van der Waals surface area contributed by atoms with Crippen molar-refractivity contribution in [2.24, 2.45) is 0 Å². The summed E-state index contributed by atoms with van der Waals surface area (Å²) in [4.78, 5) is 41.5. The number of hydrogen-bond donors (Lipinski definition) is 2. The first-order valence-corrected chi connectivity index (χ1v) is 12.0. The first-order valence-electron chi connectivity index (χ1n) is 10.8. The van der Waals surface area contributed by atoms with Crippen LogP contribution in [0.25, 0.3) is 0 Å². The Morgan fingerprint density at radius 3 is 2.45 bits per heavy atom. The van der Waals surface area contributed by atoms with Gasteiger partial charge in [-0.25, -0.2) is 14.5 Å². The zero-order valence-corrected chi connectivity index (χ0v) is 21.3. The molecule has 0 aromatic heterocycles. The molecule has 1 fully saturated rings. The summed E-state index contributed by atoms with van der Waals surface area (Å²) in [5.41, 5.74) is 1.25. The van der Waals surface area contributed by atoms with Gasteiger partial charge in [0.2, 0.25) is 0 Å². The zero-order chi connectivity index (χ0) is 24.2. The Balaban J connectivity index is 1.86. The molecule has 1 heterocycles. The maximum absolute atomic E-state index is 13.7. The van der Waals surface area contributed by atoms with Crippen LogP contribution < -0.4 is 15.5 Å². The van der Waals surface area contributed by atoms with Crippen molar-refractivity contribution in [2.45, 2.75) is 38.6 Å². The normalized spacial score (nSPS) is 18.1. The van der Waals surface area contributed by atoms with Crippen LogP contribution in [0.2, 0.25) is 5.02 Å². The smallest absolute Gasteiger partial charge is 0.332 e. The van der Waals surface area contributed by atoms with Crippen molar-refractivity contribution in [3.63, 3.8) is 0 Å². The molecule has 176 valence electrons. The average Bonchev–Trinajstić information content (AvgIpc) is 2.94. The Hall–Kier alpha value is -2.58. The number of halogens is 2. The lowest BCUT2D eigenvalue weighted by molar-refractivity contribution is -0.124. The number of urea groups is 2. The Kier molecular flexibility index (Phi) is 8.02. The summed E-state index contributed by atoms with van der Waals surface area (Å²) in [6.07, 6.45) is 1.70. The summed E-state index contributed by atoms with van der Waals surface area (Å²) < 4.78 is 0.946. The van der Waals surface area contributed by atoms with Crippen LogP contribution in [0.15, 0.2) is 46.9 Å². The Bertz CT molecular complexity index is 1030. The van der Waals surface area contributed by atoms with Gasteiger partial charge in [-0.1, -0.05) is 39.7 Å².